The lowest BCUT2D eigenvalue weighted by Gasteiger charge is -2.27. The third-order valence-electron chi connectivity index (χ3n) is 2.64. The molecule has 1 amide bonds. The minimum absolute atomic E-state index is 0.0310. The van der Waals surface area contributed by atoms with Gasteiger partial charge in [0.1, 0.15) is 0 Å². The fourth-order valence-corrected chi connectivity index (χ4v) is 1.70. The number of rotatable bonds is 3. The van der Waals surface area contributed by atoms with Crippen molar-refractivity contribution >= 4 is 11.7 Å². The lowest BCUT2D eigenvalue weighted by molar-refractivity contribution is -0.129. The molecule has 0 aliphatic carbocycles. The van der Waals surface area contributed by atoms with E-state index in [4.69, 9.17) is 0 Å². The largest absolute Gasteiger partial charge is 0.359 e. The summed E-state index contributed by atoms with van der Waals surface area (Å²) in [5.41, 5.74) is 0. The van der Waals surface area contributed by atoms with Gasteiger partial charge in [0.2, 0.25) is 5.91 Å². The average molecular weight is 238 g/mol. The number of amides is 1. The average Bonchev–Trinajstić information content (AvgIpc) is 2.38. The standard InChI is InChI=1S/C11H15FN4O/c12-9-2-1-3-14-11(9)15-8-10(17)16-6-4-13-5-7-16/h1-3,13H,4-8H2,(H,14,15). The fourth-order valence-electron chi connectivity index (χ4n) is 1.70. The second kappa shape index (κ2) is 5.58. The lowest BCUT2D eigenvalue weighted by Crippen LogP contribution is -2.48. The molecule has 1 aromatic rings. The van der Waals surface area contributed by atoms with E-state index in [2.05, 4.69) is 15.6 Å². The van der Waals surface area contributed by atoms with Crippen LogP contribution in [0.5, 0.6) is 0 Å². The van der Waals surface area contributed by atoms with Crippen LogP contribution in [0.15, 0.2) is 18.3 Å². The number of nitrogens with zero attached hydrogens (tertiary/aromatic N) is 2. The van der Waals surface area contributed by atoms with Crippen LogP contribution in [-0.2, 0) is 4.79 Å². The molecule has 2 heterocycles. The zero-order chi connectivity index (χ0) is 12.1. The predicted octanol–water partition coefficient (Wildman–Crippen LogP) is 0.0644. The lowest BCUT2D eigenvalue weighted by atomic mass is 10.3. The molecular weight excluding hydrogens is 223 g/mol. The molecule has 92 valence electrons. The van der Waals surface area contributed by atoms with Crippen LogP contribution in [0.4, 0.5) is 10.2 Å². The SMILES string of the molecule is O=C(CNc1ncccc1F)N1CCNCC1. The number of nitrogens with one attached hydrogen (secondary N) is 2. The van der Waals surface area contributed by atoms with Gasteiger partial charge in [0.25, 0.3) is 0 Å². The maximum Gasteiger partial charge on any atom is 0.242 e. The fraction of sp³-hybridized carbons (Fsp3) is 0.455. The maximum absolute atomic E-state index is 13.2. The van der Waals surface area contributed by atoms with Gasteiger partial charge in [-0.2, -0.15) is 0 Å². The summed E-state index contributed by atoms with van der Waals surface area (Å²) in [5, 5.41) is 5.88. The Labute approximate surface area is 99.0 Å². The summed E-state index contributed by atoms with van der Waals surface area (Å²) in [6.07, 6.45) is 1.49. The Morgan fingerprint density at radius 3 is 3.00 bits per heavy atom. The molecule has 1 fully saturated rings. The number of hydrogen-bond acceptors (Lipinski definition) is 4. The van der Waals surface area contributed by atoms with Crippen molar-refractivity contribution in [2.24, 2.45) is 0 Å². The van der Waals surface area contributed by atoms with E-state index < -0.39 is 5.82 Å². The van der Waals surface area contributed by atoms with Crippen LogP contribution in [-0.4, -0.2) is 48.5 Å². The van der Waals surface area contributed by atoms with Crippen molar-refractivity contribution in [2.75, 3.05) is 38.0 Å². The number of aromatic nitrogens is 1. The Morgan fingerprint density at radius 2 is 2.29 bits per heavy atom. The minimum Gasteiger partial charge on any atom is -0.359 e. The van der Waals surface area contributed by atoms with Crippen LogP contribution in [0.25, 0.3) is 0 Å². The number of hydrogen-bond donors (Lipinski definition) is 2. The highest BCUT2D eigenvalue weighted by molar-refractivity contribution is 5.80. The van der Waals surface area contributed by atoms with Crippen molar-refractivity contribution in [1.29, 1.82) is 0 Å². The van der Waals surface area contributed by atoms with Gasteiger partial charge in [0, 0.05) is 32.4 Å². The quantitative estimate of drug-likeness (QED) is 0.782. The van der Waals surface area contributed by atoms with E-state index in [0.717, 1.165) is 13.1 Å². The van der Waals surface area contributed by atoms with Gasteiger partial charge < -0.3 is 15.5 Å². The molecule has 2 N–H and O–H groups in total. The van der Waals surface area contributed by atoms with E-state index in [1.54, 1.807) is 4.90 Å². The van der Waals surface area contributed by atoms with Gasteiger partial charge in [-0.15, -0.1) is 0 Å². The van der Waals surface area contributed by atoms with Gasteiger partial charge in [0.05, 0.1) is 6.54 Å². The van der Waals surface area contributed by atoms with E-state index >= 15 is 0 Å². The van der Waals surface area contributed by atoms with Crippen molar-refractivity contribution in [2.45, 2.75) is 0 Å². The molecule has 1 saturated heterocycles. The van der Waals surface area contributed by atoms with E-state index in [-0.39, 0.29) is 18.3 Å². The molecule has 1 aromatic heterocycles. The Kier molecular flexibility index (Phi) is 3.87. The summed E-state index contributed by atoms with van der Waals surface area (Å²) in [6, 6.07) is 2.82. The summed E-state index contributed by atoms with van der Waals surface area (Å²) in [7, 11) is 0. The number of pyridine rings is 1. The second-order valence-electron chi connectivity index (χ2n) is 3.82. The van der Waals surface area contributed by atoms with Crippen molar-refractivity contribution in [3.8, 4) is 0 Å². The molecule has 1 aliphatic rings. The molecule has 5 nitrogen and oxygen atoms in total. The zero-order valence-electron chi connectivity index (χ0n) is 9.45. The molecule has 0 spiro atoms. The van der Waals surface area contributed by atoms with Crippen molar-refractivity contribution in [3.05, 3.63) is 24.1 Å². The number of piperazine rings is 1. The molecule has 0 radical (unpaired) electrons. The monoisotopic (exact) mass is 238 g/mol. The van der Waals surface area contributed by atoms with Crippen LogP contribution in [0.2, 0.25) is 0 Å². The van der Waals surface area contributed by atoms with Crippen molar-refractivity contribution in [1.82, 2.24) is 15.2 Å². The normalized spacial score (nSPS) is 15.7. The first-order valence-electron chi connectivity index (χ1n) is 5.60. The molecule has 0 bridgehead atoms. The summed E-state index contributed by atoms with van der Waals surface area (Å²) < 4.78 is 13.2. The highest BCUT2D eigenvalue weighted by Crippen LogP contribution is 2.07. The Balaban J connectivity index is 1.85. The molecule has 0 saturated carbocycles. The second-order valence-corrected chi connectivity index (χ2v) is 3.82. The number of anilines is 1. The summed E-state index contributed by atoms with van der Waals surface area (Å²) in [6.45, 7) is 3.09. The Morgan fingerprint density at radius 1 is 1.53 bits per heavy atom. The minimum atomic E-state index is -0.444. The van der Waals surface area contributed by atoms with Crippen molar-refractivity contribution in [3.63, 3.8) is 0 Å². The molecule has 1 aliphatic heterocycles. The summed E-state index contributed by atoms with van der Waals surface area (Å²) in [4.78, 5) is 17.3. The molecule has 6 heteroatoms. The van der Waals surface area contributed by atoms with Crippen molar-refractivity contribution < 1.29 is 9.18 Å². The third-order valence-corrected chi connectivity index (χ3v) is 2.64. The Hall–Kier alpha value is -1.69. The topological polar surface area (TPSA) is 57.3 Å². The third kappa shape index (κ3) is 3.13. The van der Waals surface area contributed by atoms with Gasteiger partial charge in [-0.3, -0.25) is 4.79 Å². The summed E-state index contributed by atoms with van der Waals surface area (Å²) >= 11 is 0. The van der Waals surface area contributed by atoms with Gasteiger partial charge in [-0.25, -0.2) is 9.37 Å². The molecule has 0 unspecified atom stereocenters. The van der Waals surface area contributed by atoms with Crippen LogP contribution in [0.3, 0.4) is 0 Å². The van der Waals surface area contributed by atoms with Crippen LogP contribution >= 0.6 is 0 Å². The zero-order valence-corrected chi connectivity index (χ0v) is 9.45. The first-order valence-corrected chi connectivity index (χ1v) is 5.60. The highest BCUT2D eigenvalue weighted by Gasteiger charge is 2.16. The van der Waals surface area contributed by atoms with Gasteiger partial charge in [0.15, 0.2) is 11.6 Å². The summed E-state index contributed by atoms with van der Waals surface area (Å²) in [5.74, 6) is -0.354. The highest BCUT2D eigenvalue weighted by atomic mass is 19.1. The molecule has 0 aromatic carbocycles. The first kappa shape index (κ1) is 11.8. The number of carbonyl (C=O) groups is 1. The van der Waals surface area contributed by atoms with E-state index in [1.165, 1.54) is 18.3 Å². The number of carbonyl (C=O) groups excluding carboxylic acids is 1. The van der Waals surface area contributed by atoms with Gasteiger partial charge in [-0.05, 0) is 12.1 Å². The molecule has 2 rings (SSSR count). The van der Waals surface area contributed by atoms with E-state index in [1.807, 2.05) is 0 Å². The maximum atomic E-state index is 13.2. The van der Waals surface area contributed by atoms with Crippen LogP contribution in [0, 0.1) is 5.82 Å². The molecular formula is C11H15FN4O. The molecule has 17 heavy (non-hydrogen) atoms. The van der Waals surface area contributed by atoms with Gasteiger partial charge in [-0.1, -0.05) is 0 Å². The van der Waals surface area contributed by atoms with Crippen LogP contribution in [0.1, 0.15) is 0 Å². The Bertz CT molecular complexity index is 393. The predicted molar refractivity (Wildman–Crippen MR) is 62.1 cm³/mol. The first-order chi connectivity index (χ1) is 8.27. The van der Waals surface area contributed by atoms with Crippen LogP contribution < -0.4 is 10.6 Å². The van der Waals surface area contributed by atoms with Gasteiger partial charge >= 0.3 is 0 Å². The van der Waals surface area contributed by atoms with E-state index in [9.17, 15) is 9.18 Å². The smallest absolute Gasteiger partial charge is 0.242 e. The number of halogens is 1. The van der Waals surface area contributed by atoms with E-state index in [0.29, 0.717) is 13.1 Å². The molecule has 0 atom stereocenters.